The van der Waals surface area contributed by atoms with Gasteiger partial charge >= 0.3 is 6.18 Å². The van der Waals surface area contributed by atoms with Crippen LogP contribution in [-0.4, -0.2) is 22.9 Å². The summed E-state index contributed by atoms with van der Waals surface area (Å²) in [6.45, 7) is 1.86. The number of alkyl halides is 3. The molecule has 0 bridgehead atoms. The van der Waals surface area contributed by atoms with Crippen molar-refractivity contribution in [2.45, 2.75) is 32.2 Å². The Labute approximate surface area is 133 Å². The third-order valence-corrected chi connectivity index (χ3v) is 3.66. The molecular weight excluding hydrogens is 303 g/mol. The van der Waals surface area contributed by atoms with E-state index in [0.717, 1.165) is 11.1 Å². The summed E-state index contributed by atoms with van der Waals surface area (Å²) < 4.78 is 38.3. The number of nitrogens with zero attached hydrogens (tertiary/aromatic N) is 1. The molecule has 0 radical (unpaired) electrons. The zero-order valence-electron chi connectivity index (χ0n) is 12.8. The maximum atomic E-state index is 12.8. The largest absolute Gasteiger partial charge is 0.451 e. The van der Waals surface area contributed by atoms with Crippen molar-refractivity contribution in [1.82, 2.24) is 4.90 Å². The van der Waals surface area contributed by atoms with Gasteiger partial charge in [-0.25, -0.2) is 0 Å². The summed E-state index contributed by atoms with van der Waals surface area (Å²) in [4.78, 5) is 13.2. The van der Waals surface area contributed by atoms with Crippen molar-refractivity contribution in [3.05, 3.63) is 71.8 Å². The average molecular weight is 321 g/mol. The monoisotopic (exact) mass is 321 g/mol. The quantitative estimate of drug-likeness (QED) is 0.794. The third-order valence-electron chi connectivity index (χ3n) is 3.66. The van der Waals surface area contributed by atoms with Crippen LogP contribution >= 0.6 is 0 Å². The second kappa shape index (κ2) is 7.42. The van der Waals surface area contributed by atoms with E-state index in [2.05, 4.69) is 0 Å². The summed E-state index contributed by atoms with van der Waals surface area (Å²) >= 11 is 0. The van der Waals surface area contributed by atoms with Gasteiger partial charge in [0.25, 0.3) is 5.78 Å². The lowest BCUT2D eigenvalue weighted by molar-refractivity contribution is -0.176. The second-order valence-electron chi connectivity index (χ2n) is 5.41. The van der Waals surface area contributed by atoms with Gasteiger partial charge in [0.2, 0.25) is 0 Å². The Morgan fingerprint density at radius 3 is 1.65 bits per heavy atom. The summed E-state index contributed by atoms with van der Waals surface area (Å²) in [5.41, 5.74) is 1.73. The lowest BCUT2D eigenvalue weighted by atomic mass is 10.1. The average Bonchev–Trinajstić information content (AvgIpc) is 2.54. The third kappa shape index (κ3) is 4.93. The Morgan fingerprint density at radius 2 is 1.30 bits per heavy atom. The molecule has 0 amide bonds. The molecule has 0 heterocycles. The van der Waals surface area contributed by atoms with E-state index in [4.69, 9.17) is 0 Å². The van der Waals surface area contributed by atoms with Crippen LogP contribution < -0.4 is 0 Å². The van der Waals surface area contributed by atoms with E-state index < -0.39 is 18.0 Å². The van der Waals surface area contributed by atoms with Crippen molar-refractivity contribution >= 4 is 5.78 Å². The van der Waals surface area contributed by atoms with E-state index in [-0.39, 0.29) is 13.1 Å². The number of hydrogen-bond donors (Lipinski definition) is 0. The van der Waals surface area contributed by atoms with E-state index in [0.29, 0.717) is 0 Å². The number of ketones is 1. The summed E-state index contributed by atoms with van der Waals surface area (Å²) in [7, 11) is 0. The molecule has 0 aromatic heterocycles. The van der Waals surface area contributed by atoms with E-state index in [1.165, 1.54) is 6.92 Å². The minimum atomic E-state index is -4.83. The maximum absolute atomic E-state index is 12.8. The molecule has 0 aliphatic rings. The van der Waals surface area contributed by atoms with E-state index in [1.54, 1.807) is 4.90 Å². The predicted molar refractivity (Wildman–Crippen MR) is 82.7 cm³/mol. The van der Waals surface area contributed by atoms with Gasteiger partial charge in [-0.2, -0.15) is 13.2 Å². The fraction of sp³-hybridized carbons (Fsp3) is 0.278. The molecule has 2 aromatic rings. The molecule has 0 saturated heterocycles. The molecule has 122 valence electrons. The topological polar surface area (TPSA) is 20.3 Å². The van der Waals surface area contributed by atoms with Gasteiger partial charge in [0, 0.05) is 13.1 Å². The van der Waals surface area contributed by atoms with Crippen LogP contribution in [0.15, 0.2) is 60.7 Å². The number of benzene rings is 2. The first-order valence-electron chi connectivity index (χ1n) is 7.31. The molecule has 1 atom stereocenters. The predicted octanol–water partition coefficient (Wildman–Crippen LogP) is 4.21. The van der Waals surface area contributed by atoms with Crippen molar-refractivity contribution in [3.8, 4) is 0 Å². The highest BCUT2D eigenvalue weighted by molar-refractivity contribution is 5.88. The first-order chi connectivity index (χ1) is 10.9. The SMILES string of the molecule is CC(C(=O)C(F)(F)F)N(Cc1ccccc1)Cc1ccccc1. The highest BCUT2D eigenvalue weighted by atomic mass is 19.4. The van der Waals surface area contributed by atoms with Crippen LogP contribution in [0.4, 0.5) is 13.2 Å². The van der Waals surface area contributed by atoms with Crippen molar-refractivity contribution in [3.63, 3.8) is 0 Å². The number of halogens is 3. The van der Waals surface area contributed by atoms with Crippen molar-refractivity contribution in [2.24, 2.45) is 0 Å². The summed E-state index contributed by atoms with van der Waals surface area (Å²) in [6, 6.07) is 17.1. The highest BCUT2D eigenvalue weighted by Gasteiger charge is 2.43. The normalized spacial score (nSPS) is 13.1. The summed E-state index contributed by atoms with van der Waals surface area (Å²) in [5.74, 6) is -1.72. The lowest BCUT2D eigenvalue weighted by Gasteiger charge is -2.28. The van der Waals surface area contributed by atoms with Gasteiger partial charge < -0.3 is 0 Å². The van der Waals surface area contributed by atoms with Crippen LogP contribution in [0.2, 0.25) is 0 Å². The minimum Gasteiger partial charge on any atom is -0.288 e. The fourth-order valence-electron chi connectivity index (χ4n) is 2.37. The molecule has 2 aromatic carbocycles. The van der Waals surface area contributed by atoms with Crippen molar-refractivity contribution < 1.29 is 18.0 Å². The molecule has 1 unspecified atom stereocenters. The lowest BCUT2D eigenvalue weighted by Crippen LogP contribution is -2.44. The molecule has 23 heavy (non-hydrogen) atoms. The first kappa shape index (κ1) is 17.2. The van der Waals surface area contributed by atoms with Gasteiger partial charge in [0.1, 0.15) is 0 Å². The zero-order chi connectivity index (χ0) is 16.9. The number of carbonyl (C=O) groups excluding carboxylic acids is 1. The Kier molecular flexibility index (Phi) is 5.55. The molecule has 0 fully saturated rings. The first-order valence-corrected chi connectivity index (χ1v) is 7.31. The van der Waals surface area contributed by atoms with Crippen LogP contribution in [-0.2, 0) is 17.9 Å². The summed E-state index contributed by atoms with van der Waals surface area (Å²) in [5, 5.41) is 0. The molecule has 5 heteroatoms. The molecule has 2 rings (SSSR count). The molecule has 0 aliphatic heterocycles. The van der Waals surface area contributed by atoms with Crippen LogP contribution in [0.1, 0.15) is 18.1 Å². The molecule has 0 N–H and O–H groups in total. The van der Waals surface area contributed by atoms with Crippen LogP contribution in [0.25, 0.3) is 0 Å². The standard InChI is InChI=1S/C18H18F3NO/c1-14(17(23)18(19,20)21)22(12-15-8-4-2-5-9-15)13-16-10-6-3-7-11-16/h2-11,14H,12-13H2,1H3. The van der Waals surface area contributed by atoms with Crippen molar-refractivity contribution in [1.29, 1.82) is 0 Å². The zero-order valence-corrected chi connectivity index (χ0v) is 12.8. The second-order valence-corrected chi connectivity index (χ2v) is 5.41. The van der Waals surface area contributed by atoms with Crippen LogP contribution in [0, 0.1) is 0 Å². The number of hydrogen-bond acceptors (Lipinski definition) is 2. The number of rotatable bonds is 6. The van der Waals surface area contributed by atoms with Crippen molar-refractivity contribution in [2.75, 3.05) is 0 Å². The van der Waals surface area contributed by atoms with Gasteiger partial charge in [-0.1, -0.05) is 60.7 Å². The molecule has 0 aliphatic carbocycles. The van der Waals surface area contributed by atoms with Crippen LogP contribution in [0.5, 0.6) is 0 Å². The maximum Gasteiger partial charge on any atom is 0.451 e. The molecule has 2 nitrogen and oxygen atoms in total. The fourth-order valence-corrected chi connectivity index (χ4v) is 2.37. The van der Waals surface area contributed by atoms with Gasteiger partial charge in [-0.05, 0) is 18.1 Å². The highest BCUT2D eigenvalue weighted by Crippen LogP contribution is 2.22. The Balaban J connectivity index is 2.22. The van der Waals surface area contributed by atoms with Gasteiger partial charge in [0.15, 0.2) is 0 Å². The molecule has 0 spiro atoms. The Morgan fingerprint density at radius 1 is 0.913 bits per heavy atom. The Bertz CT molecular complexity index is 584. The smallest absolute Gasteiger partial charge is 0.288 e. The minimum absolute atomic E-state index is 0.277. The van der Waals surface area contributed by atoms with Gasteiger partial charge in [0.05, 0.1) is 6.04 Å². The Hall–Kier alpha value is -2.14. The molecule has 0 saturated carbocycles. The van der Waals surface area contributed by atoms with Crippen LogP contribution in [0.3, 0.4) is 0 Å². The van der Waals surface area contributed by atoms with Gasteiger partial charge in [-0.15, -0.1) is 0 Å². The van der Waals surface area contributed by atoms with Gasteiger partial charge in [-0.3, -0.25) is 9.69 Å². The molecular formula is C18H18F3NO. The summed E-state index contributed by atoms with van der Waals surface area (Å²) in [6.07, 6.45) is -4.83. The van der Waals surface area contributed by atoms with E-state index >= 15 is 0 Å². The van der Waals surface area contributed by atoms with E-state index in [1.807, 2.05) is 60.7 Å². The number of carbonyl (C=O) groups is 1. The number of Topliss-reactive ketones (excluding diaryl/α,β-unsaturated/α-hetero) is 1. The van der Waals surface area contributed by atoms with E-state index in [9.17, 15) is 18.0 Å².